The number of rotatable bonds is 21. The molecule has 0 saturated heterocycles. The van der Waals surface area contributed by atoms with Crippen molar-refractivity contribution in [1.82, 2.24) is 35.6 Å². The Morgan fingerprint density at radius 2 is 1.95 bits per heavy atom. The van der Waals surface area contributed by atoms with Crippen LogP contribution in [0, 0.1) is 22.7 Å². The van der Waals surface area contributed by atoms with E-state index in [0.29, 0.717) is 76.9 Å². The standard InChI is InChI=1S/C39H47F3N9O3P/c1-7-9-33(18-31(14-27(2)46-13-8-12-43)35-16-29(19-44)10-11-34(35)38-49-48-24-51(38)5)50(4)21-36-32(22-52)15-30(17-37(36)39(40,41)42)20-47-28(3)23-55(6)54-26-45-25-53/h9-11,14-18,22,24-25,28,46-47H,7-8,13,20-21,23,26H2,1-6H3,(H,45,53)/b27-14+,31-18+,33-9-. The minimum atomic E-state index is -4.75. The summed E-state index contributed by atoms with van der Waals surface area (Å²) >= 11 is 0. The number of likely N-dealkylation sites (N-methyl/N-ethyl adjacent to an activating group) is 1. The smallest absolute Gasteiger partial charge is 0.388 e. The molecule has 0 aliphatic heterocycles. The molecule has 1 heterocycles. The lowest BCUT2D eigenvalue weighted by Gasteiger charge is -2.26. The van der Waals surface area contributed by atoms with Crippen molar-refractivity contribution in [2.24, 2.45) is 7.05 Å². The minimum absolute atomic E-state index is 0.0732. The van der Waals surface area contributed by atoms with Gasteiger partial charge in [0.25, 0.3) is 0 Å². The molecule has 3 aromatic rings. The highest BCUT2D eigenvalue weighted by Crippen LogP contribution is 2.37. The molecular weight excluding hydrogens is 730 g/mol. The van der Waals surface area contributed by atoms with Gasteiger partial charge in [0.15, 0.2) is 5.82 Å². The molecule has 0 spiro atoms. The average molecular weight is 778 g/mol. The highest BCUT2D eigenvalue weighted by molar-refractivity contribution is 7.51. The lowest BCUT2D eigenvalue weighted by atomic mass is 9.94. The number of carbonyl (C=O) groups is 2. The molecule has 0 radical (unpaired) electrons. The van der Waals surface area contributed by atoms with Crippen molar-refractivity contribution in [3.63, 3.8) is 0 Å². The van der Waals surface area contributed by atoms with Crippen molar-refractivity contribution in [2.45, 2.75) is 58.9 Å². The van der Waals surface area contributed by atoms with Gasteiger partial charge in [-0.3, -0.25) is 9.59 Å². The Morgan fingerprint density at radius 1 is 1.18 bits per heavy atom. The number of aldehydes is 1. The molecule has 0 saturated carbocycles. The predicted molar refractivity (Wildman–Crippen MR) is 207 cm³/mol. The molecule has 0 fully saturated rings. The third-order valence-corrected chi connectivity index (χ3v) is 10.0. The Balaban J connectivity index is 2.08. The van der Waals surface area contributed by atoms with Crippen molar-refractivity contribution in [1.29, 1.82) is 10.5 Å². The van der Waals surface area contributed by atoms with Crippen LogP contribution in [0.3, 0.4) is 0 Å². The molecule has 2 atom stereocenters. The molecule has 16 heteroatoms. The number of hydrogen-bond donors (Lipinski definition) is 3. The summed E-state index contributed by atoms with van der Waals surface area (Å²) < 4.78 is 51.5. The second-order valence-electron chi connectivity index (χ2n) is 12.8. The van der Waals surface area contributed by atoms with Crippen molar-refractivity contribution in [2.75, 3.05) is 33.1 Å². The first-order valence-electron chi connectivity index (χ1n) is 17.5. The number of nitriles is 2. The Labute approximate surface area is 321 Å². The van der Waals surface area contributed by atoms with Crippen LogP contribution in [0.2, 0.25) is 0 Å². The fourth-order valence-corrected chi connectivity index (χ4v) is 7.06. The fourth-order valence-electron chi connectivity index (χ4n) is 5.76. The molecule has 292 valence electrons. The number of carbonyl (C=O) groups excluding carboxylic acids is 2. The third kappa shape index (κ3) is 13.2. The van der Waals surface area contributed by atoms with Gasteiger partial charge >= 0.3 is 6.18 Å². The van der Waals surface area contributed by atoms with Crippen molar-refractivity contribution in [3.8, 4) is 23.5 Å². The number of allylic oxidation sites excluding steroid dienone is 5. The number of alkyl halides is 3. The van der Waals surface area contributed by atoms with E-state index in [4.69, 9.17) is 9.79 Å². The maximum absolute atomic E-state index is 14.7. The van der Waals surface area contributed by atoms with E-state index >= 15 is 0 Å². The van der Waals surface area contributed by atoms with Gasteiger partial charge in [-0.05, 0) is 91.7 Å². The topological polar surface area (TPSA) is 161 Å². The first kappa shape index (κ1) is 44.1. The predicted octanol–water partition coefficient (Wildman–Crippen LogP) is 6.63. The second-order valence-corrected chi connectivity index (χ2v) is 14.7. The third-order valence-electron chi connectivity index (χ3n) is 8.39. The zero-order valence-corrected chi connectivity index (χ0v) is 32.8. The Bertz CT molecular complexity index is 1960. The van der Waals surface area contributed by atoms with Gasteiger partial charge in [-0.2, -0.15) is 23.7 Å². The molecular formula is C39H47F3N9O3P. The van der Waals surface area contributed by atoms with E-state index in [0.717, 1.165) is 6.07 Å². The number of aryl methyl sites for hydroxylation is 1. The Morgan fingerprint density at radius 3 is 2.56 bits per heavy atom. The van der Waals surface area contributed by atoms with E-state index in [-0.39, 0.29) is 43.4 Å². The largest absolute Gasteiger partial charge is 0.416 e. The van der Waals surface area contributed by atoms with Gasteiger partial charge in [0.2, 0.25) is 6.41 Å². The average Bonchev–Trinajstić information content (AvgIpc) is 3.58. The first-order chi connectivity index (χ1) is 26.3. The zero-order valence-electron chi connectivity index (χ0n) is 31.9. The molecule has 55 heavy (non-hydrogen) atoms. The number of benzene rings is 2. The molecule has 3 rings (SSSR count). The van der Waals surface area contributed by atoms with Crippen LogP contribution in [0.25, 0.3) is 17.0 Å². The van der Waals surface area contributed by atoms with E-state index < -0.39 is 19.9 Å². The summed E-state index contributed by atoms with van der Waals surface area (Å²) in [5.74, 6) is 0.536. The van der Waals surface area contributed by atoms with E-state index in [1.807, 2.05) is 45.7 Å². The number of amides is 1. The van der Waals surface area contributed by atoms with E-state index in [1.165, 1.54) is 6.07 Å². The van der Waals surface area contributed by atoms with Crippen LogP contribution in [0.1, 0.15) is 71.8 Å². The van der Waals surface area contributed by atoms with Crippen molar-refractivity contribution in [3.05, 3.63) is 99.7 Å². The number of hydrogen-bond acceptors (Lipinski definition) is 10. The molecule has 1 aromatic heterocycles. The first-order valence-corrected chi connectivity index (χ1v) is 19.4. The van der Waals surface area contributed by atoms with Crippen molar-refractivity contribution >= 4 is 26.4 Å². The van der Waals surface area contributed by atoms with Crippen LogP contribution in [-0.2, 0) is 35.6 Å². The maximum Gasteiger partial charge on any atom is 0.416 e. The van der Waals surface area contributed by atoms with Gasteiger partial charge in [0, 0.05) is 76.6 Å². The van der Waals surface area contributed by atoms with Crippen LogP contribution in [0.15, 0.2) is 66.3 Å². The van der Waals surface area contributed by atoms with E-state index in [1.54, 1.807) is 48.1 Å². The Hall–Kier alpha value is -5.34. The summed E-state index contributed by atoms with van der Waals surface area (Å²) in [6, 6.07) is 11.9. The van der Waals surface area contributed by atoms with Crippen molar-refractivity contribution < 1.29 is 27.3 Å². The summed E-state index contributed by atoms with van der Waals surface area (Å²) in [5.41, 5.74) is 2.74. The van der Waals surface area contributed by atoms with Gasteiger partial charge < -0.3 is 29.9 Å². The molecule has 12 nitrogen and oxygen atoms in total. The lowest BCUT2D eigenvalue weighted by Crippen LogP contribution is -2.29. The SMILES string of the molecule is CC/C=C(/C=C(\C=C(/C)NCCC#N)c1cc(C#N)ccc1-c1nncn1C)N(C)Cc1c(C=O)cc(CNC(C)CP(C)OCNC=O)cc1C(F)(F)F. The summed E-state index contributed by atoms with van der Waals surface area (Å²) in [5, 5.41) is 36.1. The van der Waals surface area contributed by atoms with Crippen LogP contribution in [0.5, 0.6) is 0 Å². The monoisotopic (exact) mass is 777 g/mol. The number of nitrogens with one attached hydrogen (secondary N) is 3. The summed E-state index contributed by atoms with van der Waals surface area (Å²) in [6.07, 6.45) is 4.75. The van der Waals surface area contributed by atoms with Gasteiger partial charge in [-0.1, -0.05) is 13.0 Å². The van der Waals surface area contributed by atoms with E-state index in [9.17, 15) is 28.0 Å². The van der Waals surface area contributed by atoms with Gasteiger partial charge in [0.05, 0.1) is 29.7 Å². The van der Waals surface area contributed by atoms with Crippen LogP contribution in [-0.4, -0.2) is 71.6 Å². The zero-order chi connectivity index (χ0) is 40.5. The van der Waals surface area contributed by atoms with Crippen LogP contribution < -0.4 is 16.0 Å². The Kier molecular flexibility index (Phi) is 17.2. The fraction of sp³-hybridized carbons (Fsp3) is 0.385. The van der Waals surface area contributed by atoms with Crippen LogP contribution in [0.4, 0.5) is 13.2 Å². The molecule has 3 N–H and O–H groups in total. The molecule has 2 unspecified atom stereocenters. The van der Waals surface area contributed by atoms with Gasteiger partial charge in [0.1, 0.15) is 19.3 Å². The normalized spacial score (nSPS) is 13.4. The minimum Gasteiger partial charge on any atom is -0.388 e. The molecule has 0 bridgehead atoms. The molecule has 0 aliphatic rings. The number of nitrogens with zero attached hydrogens (tertiary/aromatic N) is 6. The molecule has 2 aromatic carbocycles. The second kappa shape index (κ2) is 21.5. The highest BCUT2D eigenvalue weighted by atomic mass is 31.1. The summed E-state index contributed by atoms with van der Waals surface area (Å²) in [7, 11) is 2.56. The number of halogens is 3. The molecule has 1 amide bonds. The number of aromatic nitrogens is 3. The van der Waals surface area contributed by atoms with Gasteiger partial charge in [-0.25, -0.2) is 0 Å². The molecule has 0 aliphatic carbocycles. The lowest BCUT2D eigenvalue weighted by molar-refractivity contribution is -0.138. The summed E-state index contributed by atoms with van der Waals surface area (Å²) in [4.78, 5) is 24.6. The quantitative estimate of drug-likeness (QED) is 0.0352. The van der Waals surface area contributed by atoms with Crippen LogP contribution >= 0.6 is 8.15 Å². The highest BCUT2D eigenvalue weighted by Gasteiger charge is 2.35. The van der Waals surface area contributed by atoms with E-state index in [2.05, 4.69) is 38.3 Å². The summed E-state index contributed by atoms with van der Waals surface area (Å²) in [6.45, 7) is 7.84. The maximum atomic E-state index is 14.7. The van der Waals surface area contributed by atoms with Gasteiger partial charge in [-0.15, -0.1) is 10.2 Å².